The zero-order chi connectivity index (χ0) is 14.8. The third-order valence-electron chi connectivity index (χ3n) is 4.64. The van der Waals surface area contributed by atoms with Crippen molar-refractivity contribution in [2.45, 2.75) is 39.3 Å². The van der Waals surface area contributed by atoms with Crippen LogP contribution in [0.5, 0.6) is 0 Å². The van der Waals surface area contributed by atoms with Crippen molar-refractivity contribution < 1.29 is 5.11 Å². The molecule has 0 bridgehead atoms. The molecule has 0 saturated carbocycles. The van der Waals surface area contributed by atoms with Crippen molar-refractivity contribution in [3.63, 3.8) is 0 Å². The molecular weight excluding hydrogens is 260 g/mol. The van der Waals surface area contributed by atoms with Gasteiger partial charge in [-0.3, -0.25) is 9.88 Å². The van der Waals surface area contributed by atoms with Gasteiger partial charge in [-0.05, 0) is 63.4 Å². The van der Waals surface area contributed by atoms with Gasteiger partial charge in [-0.1, -0.05) is 18.2 Å². The van der Waals surface area contributed by atoms with Gasteiger partial charge in [0.1, 0.15) is 0 Å². The van der Waals surface area contributed by atoms with Gasteiger partial charge in [0.2, 0.25) is 0 Å². The maximum absolute atomic E-state index is 9.70. The second kappa shape index (κ2) is 6.12. The van der Waals surface area contributed by atoms with Gasteiger partial charge in [-0.25, -0.2) is 0 Å². The molecule has 2 aromatic rings. The number of aromatic nitrogens is 1. The van der Waals surface area contributed by atoms with E-state index in [1.165, 1.54) is 10.9 Å². The zero-order valence-electron chi connectivity index (χ0n) is 12.9. The fourth-order valence-electron chi connectivity index (χ4n) is 3.36. The number of hydrogen-bond donors (Lipinski definition) is 1. The fraction of sp³-hybridized carbons (Fsp3) is 0.500. The van der Waals surface area contributed by atoms with E-state index in [-0.39, 0.29) is 6.10 Å². The highest BCUT2D eigenvalue weighted by Gasteiger charge is 2.22. The van der Waals surface area contributed by atoms with E-state index in [0.717, 1.165) is 43.7 Å². The van der Waals surface area contributed by atoms with Crippen molar-refractivity contribution in [2.24, 2.45) is 5.92 Å². The van der Waals surface area contributed by atoms with Gasteiger partial charge in [-0.2, -0.15) is 0 Å². The summed E-state index contributed by atoms with van der Waals surface area (Å²) in [6, 6.07) is 10.6. The Hall–Kier alpha value is -1.45. The van der Waals surface area contributed by atoms with E-state index in [1.807, 2.05) is 13.0 Å². The number of aryl methyl sites for hydroxylation is 1. The number of benzene rings is 1. The van der Waals surface area contributed by atoms with Crippen LogP contribution in [0.15, 0.2) is 30.3 Å². The van der Waals surface area contributed by atoms with Gasteiger partial charge in [0.25, 0.3) is 0 Å². The van der Waals surface area contributed by atoms with E-state index < -0.39 is 0 Å². The van der Waals surface area contributed by atoms with Gasteiger partial charge in [-0.15, -0.1) is 0 Å². The van der Waals surface area contributed by atoms with Crippen molar-refractivity contribution in [1.82, 2.24) is 9.88 Å². The van der Waals surface area contributed by atoms with Crippen molar-refractivity contribution in [3.8, 4) is 0 Å². The van der Waals surface area contributed by atoms with E-state index in [0.29, 0.717) is 5.92 Å². The van der Waals surface area contributed by atoms with Crippen LogP contribution in [-0.4, -0.2) is 34.2 Å². The van der Waals surface area contributed by atoms with Crippen molar-refractivity contribution >= 4 is 10.9 Å². The standard InChI is InChI=1S/C18H24N2O/c1-13-11-16(17-5-3-4-6-18(17)19-13)12-20-9-7-15(8-10-20)14(2)21/h3-6,11,14-15,21H,7-10,12H2,1-2H3. The molecule has 0 aliphatic carbocycles. The number of para-hydroxylation sites is 1. The molecule has 1 N–H and O–H groups in total. The summed E-state index contributed by atoms with van der Waals surface area (Å²) in [6.07, 6.45) is 2.02. The molecule has 3 nitrogen and oxygen atoms in total. The topological polar surface area (TPSA) is 36.4 Å². The van der Waals surface area contributed by atoms with Crippen LogP contribution < -0.4 is 0 Å². The number of likely N-dealkylation sites (tertiary alicyclic amines) is 1. The molecule has 1 atom stereocenters. The Kier molecular flexibility index (Phi) is 4.22. The quantitative estimate of drug-likeness (QED) is 0.940. The molecule has 1 fully saturated rings. The van der Waals surface area contributed by atoms with Gasteiger partial charge in [0, 0.05) is 17.6 Å². The smallest absolute Gasteiger partial charge is 0.0708 e. The predicted molar refractivity (Wildman–Crippen MR) is 86.2 cm³/mol. The van der Waals surface area contributed by atoms with E-state index in [2.05, 4.69) is 41.1 Å². The summed E-state index contributed by atoms with van der Waals surface area (Å²) < 4.78 is 0. The summed E-state index contributed by atoms with van der Waals surface area (Å²) in [5.74, 6) is 0.470. The number of nitrogens with zero attached hydrogens (tertiary/aromatic N) is 2. The lowest BCUT2D eigenvalue weighted by Crippen LogP contribution is -2.36. The maximum atomic E-state index is 9.70. The Morgan fingerprint density at radius 2 is 2.00 bits per heavy atom. The van der Waals surface area contributed by atoms with Crippen LogP contribution in [0.4, 0.5) is 0 Å². The third-order valence-corrected chi connectivity index (χ3v) is 4.64. The van der Waals surface area contributed by atoms with E-state index >= 15 is 0 Å². The average Bonchev–Trinajstić information content (AvgIpc) is 2.47. The summed E-state index contributed by atoms with van der Waals surface area (Å²) in [5.41, 5.74) is 3.54. The molecule has 1 saturated heterocycles. The molecule has 0 amide bonds. The molecular formula is C18H24N2O. The zero-order valence-corrected chi connectivity index (χ0v) is 12.9. The molecule has 1 aliphatic heterocycles. The second-order valence-electron chi connectivity index (χ2n) is 6.29. The first kappa shape index (κ1) is 14.5. The predicted octanol–water partition coefficient (Wildman–Crippen LogP) is 3.14. The Labute approximate surface area is 126 Å². The van der Waals surface area contributed by atoms with Gasteiger partial charge in [0.05, 0.1) is 11.6 Å². The van der Waals surface area contributed by atoms with Crippen molar-refractivity contribution in [3.05, 3.63) is 41.6 Å². The van der Waals surface area contributed by atoms with Crippen LogP contribution in [0.2, 0.25) is 0 Å². The Morgan fingerprint density at radius 3 is 2.71 bits per heavy atom. The van der Waals surface area contributed by atoms with E-state index in [9.17, 15) is 5.11 Å². The van der Waals surface area contributed by atoms with Crippen LogP contribution in [-0.2, 0) is 6.54 Å². The molecule has 3 heteroatoms. The number of pyridine rings is 1. The summed E-state index contributed by atoms with van der Waals surface area (Å²) in [6.45, 7) is 7.11. The van der Waals surface area contributed by atoms with E-state index in [1.54, 1.807) is 0 Å². The Morgan fingerprint density at radius 1 is 1.29 bits per heavy atom. The molecule has 1 unspecified atom stereocenters. The Balaban J connectivity index is 1.77. The number of rotatable bonds is 3. The Bertz CT molecular complexity index is 616. The number of fused-ring (bicyclic) bond motifs is 1. The summed E-state index contributed by atoms with van der Waals surface area (Å²) >= 11 is 0. The first-order chi connectivity index (χ1) is 10.1. The second-order valence-corrected chi connectivity index (χ2v) is 6.29. The van der Waals surface area contributed by atoms with E-state index in [4.69, 9.17) is 0 Å². The largest absolute Gasteiger partial charge is 0.393 e. The van der Waals surface area contributed by atoms with Crippen LogP contribution in [0.1, 0.15) is 31.0 Å². The van der Waals surface area contributed by atoms with Crippen LogP contribution in [0.25, 0.3) is 10.9 Å². The number of aliphatic hydroxyl groups is 1. The number of aliphatic hydroxyl groups excluding tert-OH is 1. The third kappa shape index (κ3) is 3.25. The highest BCUT2D eigenvalue weighted by atomic mass is 16.3. The molecule has 1 aliphatic rings. The van der Waals surface area contributed by atoms with Crippen molar-refractivity contribution in [1.29, 1.82) is 0 Å². The first-order valence-corrected chi connectivity index (χ1v) is 7.89. The number of hydrogen-bond acceptors (Lipinski definition) is 3. The van der Waals surface area contributed by atoms with Gasteiger partial charge >= 0.3 is 0 Å². The molecule has 2 heterocycles. The average molecular weight is 284 g/mol. The molecule has 0 radical (unpaired) electrons. The van der Waals surface area contributed by atoms with Gasteiger partial charge in [0.15, 0.2) is 0 Å². The number of piperidine rings is 1. The summed E-state index contributed by atoms with van der Waals surface area (Å²) in [7, 11) is 0. The minimum atomic E-state index is -0.170. The monoisotopic (exact) mass is 284 g/mol. The lowest BCUT2D eigenvalue weighted by Gasteiger charge is -2.33. The minimum absolute atomic E-state index is 0.170. The first-order valence-electron chi connectivity index (χ1n) is 7.89. The van der Waals surface area contributed by atoms with Gasteiger partial charge < -0.3 is 5.11 Å². The molecule has 1 aromatic heterocycles. The van der Waals surface area contributed by atoms with Crippen LogP contribution >= 0.6 is 0 Å². The molecule has 112 valence electrons. The lowest BCUT2D eigenvalue weighted by molar-refractivity contribution is 0.0696. The molecule has 3 rings (SSSR count). The normalized spacial score (nSPS) is 19.0. The summed E-state index contributed by atoms with van der Waals surface area (Å²) in [4.78, 5) is 7.11. The minimum Gasteiger partial charge on any atom is -0.393 e. The van der Waals surface area contributed by atoms with Crippen LogP contribution in [0, 0.1) is 12.8 Å². The maximum Gasteiger partial charge on any atom is 0.0708 e. The molecule has 0 spiro atoms. The molecule has 21 heavy (non-hydrogen) atoms. The highest BCUT2D eigenvalue weighted by Crippen LogP contribution is 2.24. The fourth-order valence-corrected chi connectivity index (χ4v) is 3.36. The molecule has 1 aromatic carbocycles. The summed E-state index contributed by atoms with van der Waals surface area (Å²) in [5, 5.41) is 11.0. The van der Waals surface area contributed by atoms with Crippen LogP contribution in [0.3, 0.4) is 0 Å². The SMILES string of the molecule is Cc1cc(CN2CCC(C(C)O)CC2)c2ccccc2n1. The lowest BCUT2D eigenvalue weighted by atomic mass is 9.92. The highest BCUT2D eigenvalue weighted by molar-refractivity contribution is 5.82. The van der Waals surface area contributed by atoms with Crippen molar-refractivity contribution in [2.75, 3.05) is 13.1 Å².